The smallest absolute Gasteiger partial charge is 0.323 e. The van der Waals surface area contributed by atoms with Crippen molar-refractivity contribution in [2.24, 2.45) is 0 Å². The number of rotatable bonds is 11. The van der Waals surface area contributed by atoms with Gasteiger partial charge in [0.1, 0.15) is 11.4 Å². The van der Waals surface area contributed by atoms with E-state index in [-0.39, 0.29) is 11.1 Å². The second-order valence-corrected chi connectivity index (χ2v) is 15.8. The maximum Gasteiger partial charge on any atom is 0.323 e. The Morgan fingerprint density at radius 1 is 0.907 bits per heavy atom. The van der Waals surface area contributed by atoms with Crippen LogP contribution in [0.2, 0.25) is 0 Å². The molecule has 11 heteroatoms. The van der Waals surface area contributed by atoms with Crippen LogP contribution in [0, 0.1) is 0 Å². The van der Waals surface area contributed by atoms with Crippen LogP contribution in [0.3, 0.4) is 0 Å². The van der Waals surface area contributed by atoms with Crippen LogP contribution in [-0.4, -0.2) is 80.8 Å². The number of fused-ring (bicyclic) bond motifs is 1. The largest absolute Gasteiger partial charge is 0.492 e. The van der Waals surface area contributed by atoms with Gasteiger partial charge in [0.05, 0.1) is 24.2 Å². The van der Waals surface area contributed by atoms with E-state index in [2.05, 4.69) is 64.7 Å². The van der Waals surface area contributed by atoms with Crippen LogP contribution < -0.4 is 36.4 Å². The first-order valence-electron chi connectivity index (χ1n) is 18.9. The number of hydrogen-bond acceptors (Lipinski definition) is 9. The number of methoxy groups -OCH3 is 1. The van der Waals surface area contributed by atoms with Gasteiger partial charge in [-0.3, -0.25) is 14.6 Å². The number of anilines is 5. The molecule has 1 atom stereocenters. The summed E-state index contributed by atoms with van der Waals surface area (Å²) in [5.41, 5.74) is 4.90. The molecular formula is C43H51N7O4. The van der Waals surface area contributed by atoms with Crippen LogP contribution >= 0.6 is 0 Å². The lowest BCUT2D eigenvalue weighted by Gasteiger charge is -2.27. The molecule has 3 heterocycles. The van der Waals surface area contributed by atoms with Crippen LogP contribution in [0.15, 0.2) is 76.4 Å². The molecule has 1 aromatic heterocycles. The zero-order valence-electron chi connectivity index (χ0n) is 32.2. The SMILES string of the molecule is COc1c(NC(=O)Nc2ccc(-c3ccc(CCN4CCCC4)nc3)c3ccccc23)cc(C(C)(C)C)cc1Nc1c(N2CCC(N(C)C)C2)c(=O)c1=O. The molecule has 0 radical (unpaired) electrons. The second kappa shape index (κ2) is 15.2. The predicted molar refractivity (Wildman–Crippen MR) is 220 cm³/mol. The first-order chi connectivity index (χ1) is 25.9. The molecular weight excluding hydrogens is 679 g/mol. The average molecular weight is 730 g/mol. The maximum atomic E-state index is 13.8. The Kier molecular flexibility index (Phi) is 10.5. The van der Waals surface area contributed by atoms with E-state index >= 15 is 0 Å². The molecule has 11 nitrogen and oxygen atoms in total. The number of carbonyl (C=O) groups excluding carboxylic acids is 1. The Bertz CT molecular complexity index is 2230. The van der Waals surface area contributed by atoms with E-state index in [1.54, 1.807) is 0 Å². The zero-order chi connectivity index (χ0) is 38.1. The summed E-state index contributed by atoms with van der Waals surface area (Å²) in [6.45, 7) is 11.0. The normalized spacial score (nSPS) is 16.4. The molecule has 5 aromatic rings. The number of aromatic nitrogens is 1. The van der Waals surface area contributed by atoms with E-state index in [1.807, 2.05) is 67.7 Å². The van der Waals surface area contributed by atoms with Gasteiger partial charge in [0.15, 0.2) is 5.75 Å². The van der Waals surface area contributed by atoms with Crippen LogP contribution in [0.25, 0.3) is 21.9 Å². The molecule has 282 valence electrons. The van der Waals surface area contributed by atoms with Gasteiger partial charge in [-0.05, 0) is 92.6 Å². The third-order valence-electron chi connectivity index (χ3n) is 11.0. The average Bonchev–Trinajstić information content (AvgIpc) is 3.87. The molecule has 2 aliphatic heterocycles. The van der Waals surface area contributed by atoms with Gasteiger partial charge in [-0.15, -0.1) is 0 Å². The highest BCUT2D eigenvalue weighted by molar-refractivity contribution is 6.10. The topological polar surface area (TPSA) is 119 Å². The minimum absolute atomic E-state index is 0.248. The molecule has 7 rings (SSSR count). The fourth-order valence-corrected chi connectivity index (χ4v) is 7.71. The summed E-state index contributed by atoms with van der Waals surface area (Å²) < 4.78 is 5.87. The van der Waals surface area contributed by atoms with Crippen molar-refractivity contribution in [3.8, 4) is 16.9 Å². The second-order valence-electron chi connectivity index (χ2n) is 15.8. The highest BCUT2D eigenvalue weighted by Gasteiger charge is 2.33. The molecule has 2 aliphatic rings. The Morgan fingerprint density at radius 3 is 2.30 bits per heavy atom. The quantitative estimate of drug-likeness (QED) is 0.124. The van der Waals surface area contributed by atoms with Gasteiger partial charge in [-0.1, -0.05) is 57.2 Å². The molecule has 0 bridgehead atoms. The van der Waals surface area contributed by atoms with Crippen LogP contribution in [0.1, 0.15) is 51.3 Å². The van der Waals surface area contributed by atoms with E-state index in [4.69, 9.17) is 9.72 Å². The molecule has 2 amide bonds. The van der Waals surface area contributed by atoms with Crippen molar-refractivity contribution < 1.29 is 9.53 Å². The first-order valence-corrected chi connectivity index (χ1v) is 18.9. The number of amides is 2. The van der Waals surface area contributed by atoms with Gasteiger partial charge in [0.25, 0.3) is 10.9 Å². The number of benzene rings is 3. The van der Waals surface area contributed by atoms with Gasteiger partial charge < -0.3 is 35.4 Å². The lowest BCUT2D eigenvalue weighted by atomic mass is 9.86. The molecule has 4 aromatic carbocycles. The molecule has 1 unspecified atom stereocenters. The van der Waals surface area contributed by atoms with E-state index < -0.39 is 16.9 Å². The van der Waals surface area contributed by atoms with Crippen LogP contribution in [-0.2, 0) is 11.8 Å². The van der Waals surface area contributed by atoms with Crippen molar-refractivity contribution in [1.82, 2.24) is 14.8 Å². The lowest BCUT2D eigenvalue weighted by Crippen LogP contribution is -2.42. The number of ether oxygens (including phenoxy) is 1. The van der Waals surface area contributed by atoms with Gasteiger partial charge in [0, 0.05) is 54.9 Å². The first kappa shape index (κ1) is 37.1. The lowest BCUT2D eigenvalue weighted by molar-refractivity contribution is 0.262. The fraction of sp³-hybridized carbons (Fsp3) is 0.395. The van der Waals surface area contributed by atoms with Crippen molar-refractivity contribution in [2.75, 3.05) is 74.8 Å². The number of urea groups is 1. The van der Waals surface area contributed by atoms with Crippen LogP contribution in [0.5, 0.6) is 5.75 Å². The van der Waals surface area contributed by atoms with Crippen molar-refractivity contribution in [3.05, 3.63) is 98.6 Å². The van der Waals surface area contributed by atoms with Crippen molar-refractivity contribution >= 4 is 45.2 Å². The number of nitrogens with one attached hydrogen (secondary N) is 3. The minimum atomic E-state index is -0.562. The van der Waals surface area contributed by atoms with E-state index in [9.17, 15) is 14.4 Å². The number of likely N-dealkylation sites (N-methyl/N-ethyl adjacent to an activating group) is 1. The highest BCUT2D eigenvalue weighted by atomic mass is 16.5. The number of pyridine rings is 1. The number of carbonyl (C=O) groups is 1. The molecule has 3 N–H and O–H groups in total. The third-order valence-corrected chi connectivity index (χ3v) is 11.0. The third kappa shape index (κ3) is 7.56. The minimum Gasteiger partial charge on any atom is -0.492 e. The van der Waals surface area contributed by atoms with Gasteiger partial charge in [-0.25, -0.2) is 4.79 Å². The Hall–Kier alpha value is -5.26. The summed E-state index contributed by atoms with van der Waals surface area (Å²) in [7, 11) is 5.56. The molecule has 0 aliphatic carbocycles. The summed E-state index contributed by atoms with van der Waals surface area (Å²) >= 11 is 0. The number of likely N-dealkylation sites (tertiary alicyclic amines) is 1. The van der Waals surface area contributed by atoms with E-state index in [0.29, 0.717) is 47.6 Å². The van der Waals surface area contributed by atoms with Gasteiger partial charge in [0.2, 0.25) is 0 Å². The maximum absolute atomic E-state index is 13.8. The van der Waals surface area contributed by atoms with Crippen LogP contribution in [0.4, 0.5) is 33.2 Å². The standard InChI is InChI=1S/C43H51N7O4/c1-43(2,3)28-23-35(45-37-38(40(52)39(37)51)50-22-18-30(26-50)48(4)5)41(54-6)36(24-28)47-42(53)46-34-16-15-31(32-11-7-8-12-33(32)34)27-13-14-29(44-25-27)17-21-49-19-9-10-20-49/h7-8,11-16,23-25,30,45H,9-10,17-22,26H2,1-6H3,(H2,46,47,53). The number of hydrogen-bond donors (Lipinski definition) is 3. The van der Waals surface area contributed by atoms with Crippen molar-refractivity contribution in [3.63, 3.8) is 0 Å². The molecule has 0 spiro atoms. The van der Waals surface area contributed by atoms with E-state index in [0.717, 1.165) is 52.5 Å². The van der Waals surface area contributed by atoms with Gasteiger partial charge >= 0.3 is 6.03 Å². The predicted octanol–water partition coefficient (Wildman–Crippen LogP) is 6.97. The van der Waals surface area contributed by atoms with Gasteiger partial charge in [-0.2, -0.15) is 0 Å². The summed E-state index contributed by atoms with van der Waals surface area (Å²) in [6, 6.07) is 19.8. The van der Waals surface area contributed by atoms with Crippen molar-refractivity contribution in [2.45, 2.75) is 57.9 Å². The highest BCUT2D eigenvalue weighted by Crippen LogP contribution is 2.41. The monoisotopic (exact) mass is 729 g/mol. The van der Waals surface area contributed by atoms with E-state index in [1.165, 1.54) is 33.0 Å². The fourth-order valence-electron chi connectivity index (χ4n) is 7.71. The molecule has 0 saturated carbocycles. The zero-order valence-corrected chi connectivity index (χ0v) is 32.2. The Balaban J connectivity index is 1.13. The molecule has 2 saturated heterocycles. The molecule has 2 fully saturated rings. The molecule has 54 heavy (non-hydrogen) atoms. The summed E-state index contributed by atoms with van der Waals surface area (Å²) in [6.07, 6.45) is 6.35. The summed E-state index contributed by atoms with van der Waals surface area (Å²) in [5, 5.41) is 11.2. The number of nitrogens with zero attached hydrogens (tertiary/aromatic N) is 4. The Labute approximate surface area is 317 Å². The summed E-state index contributed by atoms with van der Waals surface area (Å²) in [5.74, 6) is 0.348. The summed E-state index contributed by atoms with van der Waals surface area (Å²) in [4.78, 5) is 51.0. The Morgan fingerprint density at radius 2 is 1.63 bits per heavy atom. The van der Waals surface area contributed by atoms with Crippen molar-refractivity contribution in [1.29, 1.82) is 0 Å².